The molecule has 2 rings (SSSR count). The molecule has 1 N–H and O–H groups in total. The third-order valence-electron chi connectivity index (χ3n) is 4.12. The Morgan fingerprint density at radius 3 is 2.24 bits per heavy atom. The number of amides is 1. The Hall–Kier alpha value is -1.87. The summed E-state index contributed by atoms with van der Waals surface area (Å²) in [6.07, 6.45) is 3.39. The zero-order chi connectivity index (χ0) is 18.6. The summed E-state index contributed by atoms with van der Waals surface area (Å²) in [6, 6.07) is 14.3. The third-order valence-corrected chi connectivity index (χ3v) is 4.78. The molecule has 0 aliphatic rings. The highest BCUT2D eigenvalue weighted by Crippen LogP contribution is 2.30. The summed E-state index contributed by atoms with van der Waals surface area (Å²) < 4.78 is 0.892. The molecule has 3 heteroatoms. The van der Waals surface area contributed by atoms with Crippen LogP contribution in [0.3, 0.4) is 0 Å². The minimum Gasteiger partial charge on any atom is -0.321 e. The zero-order valence-corrected chi connectivity index (χ0v) is 17.1. The number of hydrogen-bond donors (Lipinski definition) is 1. The van der Waals surface area contributed by atoms with Gasteiger partial charge in [0.1, 0.15) is 0 Å². The van der Waals surface area contributed by atoms with E-state index >= 15 is 0 Å². The molecule has 0 atom stereocenters. The van der Waals surface area contributed by atoms with Gasteiger partial charge in [-0.25, -0.2) is 0 Å². The van der Waals surface area contributed by atoms with Crippen LogP contribution in [-0.2, 0) is 10.2 Å². The van der Waals surface area contributed by atoms with Gasteiger partial charge in [0.05, 0.1) is 5.69 Å². The van der Waals surface area contributed by atoms with Crippen molar-refractivity contribution in [2.24, 2.45) is 0 Å². The van der Waals surface area contributed by atoms with Crippen LogP contribution in [0.2, 0.25) is 0 Å². The van der Waals surface area contributed by atoms with Gasteiger partial charge in [-0.1, -0.05) is 65.0 Å². The van der Waals surface area contributed by atoms with Crippen LogP contribution in [0.1, 0.15) is 57.2 Å². The first-order chi connectivity index (χ1) is 11.7. The molecule has 0 unspecified atom stereocenters. The summed E-state index contributed by atoms with van der Waals surface area (Å²) in [4.78, 5) is 12.2. The predicted octanol–water partition coefficient (Wildman–Crippen LogP) is 6.52. The van der Waals surface area contributed by atoms with Crippen LogP contribution >= 0.6 is 15.9 Å². The van der Waals surface area contributed by atoms with Crippen molar-refractivity contribution in [2.75, 3.05) is 5.32 Å². The number of halogens is 1. The molecular formula is C22H26BrNO. The summed E-state index contributed by atoms with van der Waals surface area (Å²) in [6.45, 7) is 10.8. The van der Waals surface area contributed by atoms with E-state index in [1.165, 1.54) is 11.1 Å². The largest absolute Gasteiger partial charge is 0.321 e. The molecule has 0 bridgehead atoms. The van der Waals surface area contributed by atoms with Gasteiger partial charge in [0.15, 0.2) is 0 Å². The second-order valence-corrected chi connectivity index (χ2v) is 8.44. The number of nitrogens with one attached hydrogen (secondary N) is 1. The van der Waals surface area contributed by atoms with Gasteiger partial charge in [0, 0.05) is 10.5 Å². The lowest BCUT2D eigenvalue weighted by Gasteiger charge is -2.20. The molecule has 25 heavy (non-hydrogen) atoms. The van der Waals surface area contributed by atoms with Crippen LogP contribution in [-0.4, -0.2) is 5.91 Å². The maximum atomic E-state index is 12.2. The van der Waals surface area contributed by atoms with Crippen LogP contribution in [0.25, 0.3) is 6.08 Å². The first-order valence-electron chi connectivity index (χ1n) is 8.56. The fourth-order valence-corrected chi connectivity index (χ4v) is 2.90. The second kappa shape index (κ2) is 8.01. The van der Waals surface area contributed by atoms with Gasteiger partial charge >= 0.3 is 0 Å². The van der Waals surface area contributed by atoms with Gasteiger partial charge < -0.3 is 5.32 Å². The molecule has 2 aromatic rings. The van der Waals surface area contributed by atoms with Crippen molar-refractivity contribution in [1.82, 2.24) is 0 Å². The maximum absolute atomic E-state index is 12.2. The fraction of sp³-hybridized carbons (Fsp3) is 0.318. The highest BCUT2D eigenvalue weighted by Gasteiger charge is 2.15. The molecule has 0 aliphatic carbocycles. The Kier molecular flexibility index (Phi) is 6.23. The van der Waals surface area contributed by atoms with Crippen molar-refractivity contribution in [1.29, 1.82) is 0 Å². The Morgan fingerprint density at radius 1 is 1.08 bits per heavy atom. The summed E-state index contributed by atoms with van der Waals surface area (Å²) in [5.41, 5.74) is 4.38. The lowest BCUT2D eigenvalue weighted by Crippen LogP contribution is -2.12. The molecule has 0 radical (unpaired) electrons. The Bertz CT molecular complexity index is 768. The highest BCUT2D eigenvalue weighted by molar-refractivity contribution is 9.10. The summed E-state index contributed by atoms with van der Waals surface area (Å²) in [5, 5.41) is 2.92. The van der Waals surface area contributed by atoms with Crippen molar-refractivity contribution in [3.05, 3.63) is 69.7 Å². The molecule has 0 saturated carbocycles. The molecule has 0 aliphatic heterocycles. The van der Waals surface area contributed by atoms with E-state index in [2.05, 4.69) is 80.1 Å². The molecule has 0 spiro atoms. The molecule has 132 valence electrons. The van der Waals surface area contributed by atoms with Crippen molar-refractivity contribution < 1.29 is 4.79 Å². The van der Waals surface area contributed by atoms with Gasteiger partial charge in [0.25, 0.3) is 0 Å². The van der Waals surface area contributed by atoms with E-state index in [1.807, 2.05) is 24.3 Å². The van der Waals surface area contributed by atoms with Crippen LogP contribution < -0.4 is 5.32 Å². The van der Waals surface area contributed by atoms with Crippen molar-refractivity contribution in [3.8, 4) is 0 Å². The topological polar surface area (TPSA) is 29.1 Å². The first-order valence-corrected chi connectivity index (χ1v) is 9.35. The second-order valence-electron chi connectivity index (χ2n) is 7.59. The molecule has 2 nitrogen and oxygen atoms in total. The number of benzene rings is 2. The Balaban J connectivity index is 2.04. The Labute approximate surface area is 159 Å². The van der Waals surface area contributed by atoms with E-state index in [0.717, 1.165) is 15.7 Å². The lowest BCUT2D eigenvalue weighted by molar-refractivity contribution is -0.111. The van der Waals surface area contributed by atoms with E-state index in [-0.39, 0.29) is 11.3 Å². The van der Waals surface area contributed by atoms with E-state index in [9.17, 15) is 4.79 Å². The molecule has 0 aromatic heterocycles. The molecule has 1 amide bonds. The molecule has 0 fully saturated rings. The van der Waals surface area contributed by atoms with Crippen molar-refractivity contribution in [2.45, 2.75) is 46.0 Å². The number of anilines is 1. The minimum atomic E-state index is -0.142. The van der Waals surface area contributed by atoms with Crippen LogP contribution in [0.4, 0.5) is 5.69 Å². The predicted molar refractivity (Wildman–Crippen MR) is 111 cm³/mol. The Morgan fingerprint density at radius 2 is 1.72 bits per heavy atom. The first kappa shape index (κ1) is 19.5. The van der Waals surface area contributed by atoms with Gasteiger partial charge in [-0.2, -0.15) is 0 Å². The minimum absolute atomic E-state index is 0.0765. The molecule has 0 heterocycles. The summed E-state index contributed by atoms with van der Waals surface area (Å²) >= 11 is 3.55. The molecule has 2 aromatic carbocycles. The quantitative estimate of drug-likeness (QED) is 0.582. The highest BCUT2D eigenvalue weighted by atomic mass is 79.9. The van der Waals surface area contributed by atoms with Gasteiger partial charge in [-0.05, 0) is 62.2 Å². The zero-order valence-electron chi connectivity index (χ0n) is 15.6. The molecular weight excluding hydrogens is 374 g/mol. The monoisotopic (exact) mass is 399 g/mol. The number of rotatable bonds is 4. The van der Waals surface area contributed by atoms with Crippen LogP contribution in [0, 0.1) is 0 Å². The number of hydrogen-bond acceptors (Lipinski definition) is 1. The maximum Gasteiger partial charge on any atom is 0.248 e. The molecule has 0 saturated heterocycles. The standard InChI is InChI=1S/C22H26BrNO/c1-15(2)17-9-6-16(7-10-17)8-13-21(25)24-20-12-11-18(14-19(20)23)22(3,4)5/h6-15H,1-5H3,(H,24,25)/b13-8+. The average molecular weight is 400 g/mol. The SMILES string of the molecule is CC(C)c1ccc(/C=C/C(=O)Nc2ccc(C(C)(C)C)cc2Br)cc1. The van der Waals surface area contributed by atoms with Gasteiger partial charge in [-0.3, -0.25) is 4.79 Å². The smallest absolute Gasteiger partial charge is 0.248 e. The van der Waals surface area contributed by atoms with Crippen LogP contribution in [0.5, 0.6) is 0 Å². The third kappa shape index (κ3) is 5.57. The van der Waals surface area contributed by atoms with Gasteiger partial charge in [0.2, 0.25) is 5.91 Å². The van der Waals surface area contributed by atoms with Crippen molar-refractivity contribution >= 4 is 33.6 Å². The van der Waals surface area contributed by atoms with E-state index in [0.29, 0.717) is 5.92 Å². The lowest BCUT2D eigenvalue weighted by atomic mass is 9.87. The van der Waals surface area contributed by atoms with Crippen LogP contribution in [0.15, 0.2) is 53.0 Å². The van der Waals surface area contributed by atoms with E-state index in [1.54, 1.807) is 6.08 Å². The summed E-state index contributed by atoms with van der Waals surface area (Å²) in [7, 11) is 0. The summed E-state index contributed by atoms with van der Waals surface area (Å²) in [5.74, 6) is 0.367. The number of carbonyl (C=O) groups is 1. The number of carbonyl (C=O) groups excluding carboxylic acids is 1. The fourth-order valence-electron chi connectivity index (χ4n) is 2.42. The van der Waals surface area contributed by atoms with Gasteiger partial charge in [-0.15, -0.1) is 0 Å². The van der Waals surface area contributed by atoms with E-state index < -0.39 is 0 Å². The normalized spacial score (nSPS) is 12.0. The average Bonchev–Trinajstić information content (AvgIpc) is 2.54. The van der Waals surface area contributed by atoms with E-state index in [4.69, 9.17) is 0 Å². The van der Waals surface area contributed by atoms with Crippen molar-refractivity contribution in [3.63, 3.8) is 0 Å².